The SMILES string of the molecule is CCOC(=O)CC(OC(=O)CN)C(=O)OCN. The fourth-order valence-corrected chi connectivity index (χ4v) is 0.926. The van der Waals surface area contributed by atoms with Gasteiger partial charge in [0.15, 0.2) is 0 Å². The van der Waals surface area contributed by atoms with Gasteiger partial charge < -0.3 is 19.9 Å². The van der Waals surface area contributed by atoms with Gasteiger partial charge in [-0.1, -0.05) is 0 Å². The monoisotopic (exact) mass is 248 g/mol. The van der Waals surface area contributed by atoms with Crippen LogP contribution in [0.2, 0.25) is 0 Å². The molecular formula is C9H16N2O6. The molecule has 1 unspecified atom stereocenters. The van der Waals surface area contributed by atoms with Gasteiger partial charge in [0.05, 0.1) is 19.6 Å². The van der Waals surface area contributed by atoms with Crippen molar-refractivity contribution in [2.75, 3.05) is 19.9 Å². The summed E-state index contributed by atoms with van der Waals surface area (Å²) in [4.78, 5) is 33.4. The van der Waals surface area contributed by atoms with Gasteiger partial charge in [0, 0.05) is 0 Å². The standard InChI is InChI=1S/C9H16N2O6/c1-2-15-7(12)3-6(9(14)16-5-11)17-8(13)4-10/h6H,2-5,10-11H2,1H3. The van der Waals surface area contributed by atoms with E-state index >= 15 is 0 Å². The van der Waals surface area contributed by atoms with Crippen LogP contribution in [0.1, 0.15) is 13.3 Å². The van der Waals surface area contributed by atoms with Crippen LogP contribution >= 0.6 is 0 Å². The number of esters is 3. The Morgan fingerprint density at radius 1 is 1.12 bits per heavy atom. The van der Waals surface area contributed by atoms with Gasteiger partial charge in [0.2, 0.25) is 6.10 Å². The highest BCUT2D eigenvalue weighted by Crippen LogP contribution is 2.04. The maximum atomic E-state index is 11.3. The molecule has 0 radical (unpaired) electrons. The van der Waals surface area contributed by atoms with E-state index in [1.54, 1.807) is 6.92 Å². The summed E-state index contributed by atoms with van der Waals surface area (Å²) < 4.78 is 13.7. The van der Waals surface area contributed by atoms with Gasteiger partial charge in [-0.05, 0) is 6.92 Å². The molecular weight excluding hydrogens is 232 g/mol. The summed E-state index contributed by atoms with van der Waals surface area (Å²) in [5.41, 5.74) is 10.0. The molecule has 0 aromatic carbocycles. The fraction of sp³-hybridized carbons (Fsp3) is 0.667. The van der Waals surface area contributed by atoms with Gasteiger partial charge in [-0.25, -0.2) is 4.79 Å². The van der Waals surface area contributed by atoms with E-state index in [9.17, 15) is 14.4 Å². The topological polar surface area (TPSA) is 131 Å². The molecule has 8 heteroatoms. The van der Waals surface area contributed by atoms with Crippen LogP contribution in [-0.2, 0) is 28.6 Å². The third kappa shape index (κ3) is 6.48. The van der Waals surface area contributed by atoms with Crippen LogP contribution < -0.4 is 11.5 Å². The van der Waals surface area contributed by atoms with Crippen molar-refractivity contribution in [1.29, 1.82) is 0 Å². The highest BCUT2D eigenvalue weighted by Gasteiger charge is 2.27. The Labute approximate surface area is 98.2 Å². The number of hydrogen-bond acceptors (Lipinski definition) is 8. The molecule has 0 saturated carbocycles. The van der Waals surface area contributed by atoms with Crippen molar-refractivity contribution < 1.29 is 28.6 Å². The molecule has 0 amide bonds. The van der Waals surface area contributed by atoms with E-state index in [0.29, 0.717) is 0 Å². The first kappa shape index (κ1) is 15.3. The van der Waals surface area contributed by atoms with Crippen LogP contribution in [0.3, 0.4) is 0 Å². The van der Waals surface area contributed by atoms with E-state index in [0.717, 1.165) is 0 Å². The van der Waals surface area contributed by atoms with Gasteiger partial charge in [-0.15, -0.1) is 0 Å². The highest BCUT2D eigenvalue weighted by atomic mass is 16.6. The summed E-state index contributed by atoms with van der Waals surface area (Å²) in [5, 5.41) is 0. The van der Waals surface area contributed by atoms with Gasteiger partial charge >= 0.3 is 17.9 Å². The lowest BCUT2D eigenvalue weighted by molar-refractivity contribution is -0.171. The maximum absolute atomic E-state index is 11.3. The number of ether oxygens (including phenoxy) is 3. The Morgan fingerprint density at radius 2 is 1.76 bits per heavy atom. The maximum Gasteiger partial charge on any atom is 0.349 e. The lowest BCUT2D eigenvalue weighted by Crippen LogP contribution is -2.35. The second-order valence-corrected chi connectivity index (χ2v) is 2.82. The molecule has 0 fully saturated rings. The van der Waals surface area contributed by atoms with E-state index in [1.165, 1.54) is 0 Å². The van der Waals surface area contributed by atoms with Crippen LogP contribution in [0.15, 0.2) is 0 Å². The highest BCUT2D eigenvalue weighted by molar-refractivity contribution is 5.84. The van der Waals surface area contributed by atoms with E-state index < -0.39 is 37.0 Å². The van der Waals surface area contributed by atoms with Crippen molar-refractivity contribution in [3.63, 3.8) is 0 Å². The van der Waals surface area contributed by atoms with E-state index in [-0.39, 0.29) is 13.3 Å². The third-order valence-corrected chi connectivity index (χ3v) is 1.59. The first-order valence-electron chi connectivity index (χ1n) is 4.97. The van der Waals surface area contributed by atoms with Crippen LogP contribution in [0, 0.1) is 0 Å². The summed E-state index contributed by atoms with van der Waals surface area (Å²) in [6, 6.07) is 0. The average molecular weight is 248 g/mol. The van der Waals surface area contributed by atoms with Crippen molar-refractivity contribution in [3.05, 3.63) is 0 Å². The predicted molar refractivity (Wildman–Crippen MR) is 55.3 cm³/mol. The minimum Gasteiger partial charge on any atom is -0.466 e. The van der Waals surface area contributed by atoms with Gasteiger partial charge in [0.25, 0.3) is 0 Å². The Balaban J connectivity index is 4.44. The zero-order valence-corrected chi connectivity index (χ0v) is 9.51. The molecule has 0 heterocycles. The quantitative estimate of drug-likeness (QED) is 0.308. The predicted octanol–water partition coefficient (Wildman–Crippen LogP) is -1.73. The smallest absolute Gasteiger partial charge is 0.349 e. The van der Waals surface area contributed by atoms with Crippen molar-refractivity contribution >= 4 is 17.9 Å². The fourth-order valence-electron chi connectivity index (χ4n) is 0.926. The second-order valence-electron chi connectivity index (χ2n) is 2.82. The Hall–Kier alpha value is -1.67. The van der Waals surface area contributed by atoms with Crippen LogP contribution in [0.5, 0.6) is 0 Å². The normalized spacial score (nSPS) is 11.5. The summed E-state index contributed by atoms with van der Waals surface area (Å²) >= 11 is 0. The van der Waals surface area contributed by atoms with Gasteiger partial charge in [-0.2, -0.15) is 0 Å². The van der Waals surface area contributed by atoms with Crippen LogP contribution in [0.25, 0.3) is 0 Å². The summed E-state index contributed by atoms with van der Waals surface area (Å²) in [7, 11) is 0. The molecule has 98 valence electrons. The molecule has 8 nitrogen and oxygen atoms in total. The third-order valence-electron chi connectivity index (χ3n) is 1.59. The zero-order valence-electron chi connectivity index (χ0n) is 9.51. The largest absolute Gasteiger partial charge is 0.466 e. The molecule has 0 bridgehead atoms. The number of nitrogens with two attached hydrogens (primary N) is 2. The average Bonchev–Trinajstić information content (AvgIpc) is 2.28. The molecule has 0 spiro atoms. The Bertz CT molecular complexity index is 281. The molecule has 0 saturated heterocycles. The second kappa shape index (κ2) is 8.48. The van der Waals surface area contributed by atoms with Crippen molar-refractivity contribution in [2.45, 2.75) is 19.4 Å². The molecule has 0 aliphatic rings. The minimum atomic E-state index is -1.38. The summed E-state index contributed by atoms with van der Waals surface area (Å²) in [5.74, 6) is -2.42. The molecule has 0 aliphatic carbocycles. The molecule has 0 rings (SSSR count). The number of carbonyl (C=O) groups excluding carboxylic acids is 3. The molecule has 0 aliphatic heterocycles. The number of hydrogen-bond donors (Lipinski definition) is 2. The van der Waals surface area contributed by atoms with E-state index in [4.69, 9.17) is 11.5 Å². The van der Waals surface area contributed by atoms with E-state index in [2.05, 4.69) is 14.2 Å². The van der Waals surface area contributed by atoms with Crippen molar-refractivity contribution in [2.24, 2.45) is 11.5 Å². The number of carbonyl (C=O) groups is 3. The molecule has 0 aromatic rings. The lowest BCUT2D eigenvalue weighted by Gasteiger charge is -2.14. The summed E-state index contributed by atoms with van der Waals surface area (Å²) in [6.07, 6.45) is -1.81. The molecule has 4 N–H and O–H groups in total. The summed E-state index contributed by atoms with van der Waals surface area (Å²) in [6.45, 7) is 0.979. The van der Waals surface area contributed by atoms with Crippen LogP contribution in [0.4, 0.5) is 0 Å². The lowest BCUT2D eigenvalue weighted by atomic mass is 10.2. The molecule has 1 atom stereocenters. The van der Waals surface area contributed by atoms with E-state index in [1.807, 2.05) is 0 Å². The van der Waals surface area contributed by atoms with Crippen molar-refractivity contribution in [1.82, 2.24) is 0 Å². The Morgan fingerprint density at radius 3 is 2.24 bits per heavy atom. The van der Waals surface area contributed by atoms with Gasteiger partial charge in [-0.3, -0.25) is 15.3 Å². The van der Waals surface area contributed by atoms with Crippen LogP contribution in [-0.4, -0.2) is 43.9 Å². The first-order chi connectivity index (χ1) is 8.04. The molecule has 17 heavy (non-hydrogen) atoms. The zero-order chi connectivity index (χ0) is 13.3. The van der Waals surface area contributed by atoms with Crippen molar-refractivity contribution in [3.8, 4) is 0 Å². The molecule has 0 aromatic heterocycles. The van der Waals surface area contributed by atoms with Gasteiger partial charge in [0.1, 0.15) is 6.73 Å². The Kier molecular flexibility index (Phi) is 7.65. The number of rotatable bonds is 7. The minimum absolute atomic E-state index is 0.155. The first-order valence-corrected chi connectivity index (χ1v) is 4.97.